The molecule has 0 saturated carbocycles. The van der Waals surface area contributed by atoms with Crippen LogP contribution in [-0.4, -0.2) is 58.0 Å². The van der Waals surface area contributed by atoms with Crippen LogP contribution in [0.3, 0.4) is 0 Å². The number of nitrogens with one attached hydrogen (secondary N) is 1. The van der Waals surface area contributed by atoms with Gasteiger partial charge in [0.2, 0.25) is 5.88 Å². The molecule has 0 aromatic carbocycles. The highest BCUT2D eigenvalue weighted by Gasteiger charge is 2.42. The summed E-state index contributed by atoms with van der Waals surface area (Å²) in [6, 6.07) is 4.05. The molecule has 2 aliphatic heterocycles. The van der Waals surface area contributed by atoms with Crippen molar-refractivity contribution in [1.29, 1.82) is 4.78 Å². The monoisotopic (exact) mass is 375 g/mol. The van der Waals surface area contributed by atoms with Gasteiger partial charge in [-0.15, -0.1) is 0 Å². The Kier molecular flexibility index (Phi) is 4.27. The van der Waals surface area contributed by atoms with Crippen LogP contribution in [0.2, 0.25) is 0 Å². The number of pyridine rings is 2. The molecule has 2 saturated heterocycles. The number of fused-ring (bicyclic) bond motifs is 1. The molecule has 0 aliphatic carbocycles. The molecule has 1 spiro atoms. The maximum Gasteiger partial charge on any atom is 0.240 e. The molecule has 7 nitrogen and oxygen atoms in total. The molecule has 2 fully saturated rings. The fraction of sp³-hybridized carbons (Fsp3) is 0.556. The second-order valence-electron chi connectivity index (χ2n) is 7.45. The number of aromatic nitrogens is 2. The van der Waals surface area contributed by atoms with Gasteiger partial charge < -0.3 is 9.64 Å². The summed E-state index contributed by atoms with van der Waals surface area (Å²) in [5.41, 5.74) is 2.16. The first-order valence-corrected chi connectivity index (χ1v) is 10.9. The number of anilines is 1. The van der Waals surface area contributed by atoms with Crippen molar-refractivity contribution in [3.63, 3.8) is 0 Å². The van der Waals surface area contributed by atoms with Gasteiger partial charge in [0, 0.05) is 55.9 Å². The highest BCUT2D eigenvalue weighted by molar-refractivity contribution is 7.89. The second kappa shape index (κ2) is 6.35. The van der Waals surface area contributed by atoms with Gasteiger partial charge in [-0.25, -0.2) is 18.3 Å². The predicted octanol–water partition coefficient (Wildman–Crippen LogP) is 2.52. The zero-order valence-electron chi connectivity index (χ0n) is 15.3. The van der Waals surface area contributed by atoms with E-state index in [2.05, 4.69) is 20.9 Å². The van der Waals surface area contributed by atoms with Crippen molar-refractivity contribution in [1.82, 2.24) is 14.3 Å². The molecule has 2 aliphatic rings. The Hall–Kier alpha value is -1.93. The van der Waals surface area contributed by atoms with Crippen LogP contribution in [-0.2, 0) is 9.92 Å². The van der Waals surface area contributed by atoms with Crippen molar-refractivity contribution in [2.24, 2.45) is 5.41 Å². The summed E-state index contributed by atoms with van der Waals surface area (Å²) >= 11 is 0. The first kappa shape index (κ1) is 17.5. The van der Waals surface area contributed by atoms with E-state index in [0.29, 0.717) is 5.88 Å². The summed E-state index contributed by atoms with van der Waals surface area (Å²) in [7, 11) is -0.974. The lowest BCUT2D eigenvalue weighted by Gasteiger charge is -2.40. The molecule has 1 N–H and O–H groups in total. The lowest BCUT2D eigenvalue weighted by molar-refractivity contribution is 0.236. The average Bonchev–Trinajstić information content (AvgIpc) is 3.05. The third-order valence-corrected chi connectivity index (χ3v) is 7.15. The first-order chi connectivity index (χ1) is 12.4. The Labute approximate surface area is 154 Å². The molecule has 1 atom stereocenters. The largest absolute Gasteiger partial charge is 0.479 e. The predicted molar refractivity (Wildman–Crippen MR) is 103 cm³/mol. The number of nitrogens with zero attached hydrogens (tertiary/aromatic N) is 4. The summed E-state index contributed by atoms with van der Waals surface area (Å²) in [6.07, 6.45) is 8.27. The Morgan fingerprint density at radius 1 is 1.15 bits per heavy atom. The minimum absolute atomic E-state index is 0.207. The number of hydrogen-bond acceptors (Lipinski definition) is 6. The fourth-order valence-corrected chi connectivity index (χ4v) is 5.24. The smallest absolute Gasteiger partial charge is 0.240 e. The van der Waals surface area contributed by atoms with E-state index in [4.69, 9.17) is 9.52 Å². The van der Waals surface area contributed by atoms with Crippen molar-refractivity contribution < 1.29 is 8.95 Å². The van der Waals surface area contributed by atoms with Crippen LogP contribution < -0.4 is 9.64 Å². The normalized spacial score (nSPS) is 22.6. The summed E-state index contributed by atoms with van der Waals surface area (Å²) in [4.78, 5) is 11.1. The maximum absolute atomic E-state index is 12.1. The quantitative estimate of drug-likeness (QED) is 0.891. The minimum Gasteiger partial charge on any atom is -0.479 e. The number of hydrogen-bond donors (Lipinski definition) is 1. The Morgan fingerprint density at radius 3 is 2.50 bits per heavy atom. The standard InChI is InChI=1S/C18H25N5O2S/c1-25-17-16-14(3-8-21-17)15(4-9-20-16)22-10-5-18(6-11-22)7-12-23(13-18)26(2,19)24/h3-4,8-9,19H,5-7,10-13H2,1-2H3. The molecular weight excluding hydrogens is 350 g/mol. The summed E-state index contributed by atoms with van der Waals surface area (Å²) in [6.45, 7) is 3.48. The van der Waals surface area contributed by atoms with E-state index in [1.54, 1.807) is 13.3 Å². The molecule has 2 aromatic rings. The van der Waals surface area contributed by atoms with Crippen LogP contribution >= 0.6 is 0 Å². The van der Waals surface area contributed by atoms with Crippen LogP contribution in [0, 0.1) is 10.2 Å². The van der Waals surface area contributed by atoms with Gasteiger partial charge >= 0.3 is 0 Å². The molecule has 0 radical (unpaired) electrons. The Morgan fingerprint density at radius 2 is 1.85 bits per heavy atom. The second-order valence-corrected chi connectivity index (χ2v) is 9.57. The molecule has 2 aromatic heterocycles. The Balaban J connectivity index is 1.55. The number of ether oxygens (including phenoxy) is 1. The van der Waals surface area contributed by atoms with E-state index in [9.17, 15) is 4.21 Å². The van der Waals surface area contributed by atoms with Crippen molar-refractivity contribution in [3.05, 3.63) is 24.5 Å². The van der Waals surface area contributed by atoms with Crippen molar-refractivity contribution in [2.45, 2.75) is 19.3 Å². The number of rotatable bonds is 3. The van der Waals surface area contributed by atoms with E-state index >= 15 is 0 Å². The van der Waals surface area contributed by atoms with Gasteiger partial charge in [-0.2, -0.15) is 0 Å². The molecule has 8 heteroatoms. The van der Waals surface area contributed by atoms with Gasteiger partial charge in [0.25, 0.3) is 0 Å². The lowest BCUT2D eigenvalue weighted by atomic mass is 9.77. The van der Waals surface area contributed by atoms with Gasteiger partial charge in [-0.1, -0.05) is 0 Å². The van der Waals surface area contributed by atoms with E-state index < -0.39 is 9.92 Å². The van der Waals surface area contributed by atoms with Crippen LogP contribution in [0.4, 0.5) is 5.69 Å². The lowest BCUT2D eigenvalue weighted by Crippen LogP contribution is -2.42. The van der Waals surface area contributed by atoms with Crippen molar-refractivity contribution in [3.8, 4) is 5.88 Å². The number of methoxy groups -OCH3 is 1. The molecular formula is C18H25N5O2S. The molecule has 26 heavy (non-hydrogen) atoms. The van der Waals surface area contributed by atoms with Crippen LogP contribution in [0.1, 0.15) is 19.3 Å². The van der Waals surface area contributed by atoms with Crippen molar-refractivity contribution in [2.75, 3.05) is 44.4 Å². The molecule has 0 amide bonds. The minimum atomic E-state index is -2.59. The molecule has 140 valence electrons. The molecule has 1 unspecified atom stereocenters. The summed E-state index contributed by atoms with van der Waals surface area (Å²) in [5.74, 6) is 0.553. The summed E-state index contributed by atoms with van der Waals surface area (Å²) in [5, 5.41) is 1.06. The van der Waals surface area contributed by atoms with Gasteiger partial charge in [-0.05, 0) is 36.8 Å². The topological polar surface area (TPSA) is 82.4 Å². The number of piperidine rings is 1. The average molecular weight is 375 g/mol. The van der Waals surface area contributed by atoms with Crippen LogP contribution in [0.25, 0.3) is 10.9 Å². The van der Waals surface area contributed by atoms with Crippen LogP contribution in [0.15, 0.2) is 24.5 Å². The fourth-order valence-electron chi connectivity index (χ4n) is 4.29. The van der Waals surface area contributed by atoms with E-state index in [1.807, 2.05) is 16.6 Å². The molecule has 0 bridgehead atoms. The zero-order valence-corrected chi connectivity index (χ0v) is 16.1. The molecule has 4 rings (SSSR count). The van der Waals surface area contributed by atoms with Crippen LogP contribution in [0.5, 0.6) is 5.88 Å². The van der Waals surface area contributed by atoms with Gasteiger partial charge in [0.15, 0.2) is 0 Å². The highest BCUT2D eigenvalue weighted by atomic mass is 32.2. The summed E-state index contributed by atoms with van der Waals surface area (Å²) < 4.78 is 27.1. The SMILES string of the molecule is COc1nccc2c(N3CCC4(CC3)CCN(S(C)(=N)=O)C4)ccnc12. The van der Waals surface area contributed by atoms with E-state index in [0.717, 1.165) is 56.3 Å². The maximum atomic E-state index is 12.1. The third kappa shape index (κ3) is 3.01. The Bertz CT molecular complexity index is 922. The van der Waals surface area contributed by atoms with Crippen molar-refractivity contribution >= 4 is 26.5 Å². The van der Waals surface area contributed by atoms with Gasteiger partial charge in [0.1, 0.15) is 15.4 Å². The highest BCUT2D eigenvalue weighted by Crippen LogP contribution is 2.43. The van der Waals surface area contributed by atoms with E-state index in [1.165, 1.54) is 11.9 Å². The van der Waals surface area contributed by atoms with E-state index in [-0.39, 0.29) is 5.41 Å². The molecule has 4 heterocycles. The van der Waals surface area contributed by atoms with Gasteiger partial charge in [0.05, 0.1) is 7.11 Å². The van der Waals surface area contributed by atoms with Gasteiger partial charge in [-0.3, -0.25) is 4.98 Å². The first-order valence-electron chi connectivity index (χ1n) is 8.93. The zero-order chi connectivity index (χ0) is 18.4. The third-order valence-electron chi connectivity index (χ3n) is 5.86.